The predicted molar refractivity (Wildman–Crippen MR) is 245 cm³/mol. The Morgan fingerprint density at radius 3 is 2.19 bits per heavy atom. The molecule has 0 saturated carbocycles. The Balaban J connectivity index is 0.967. The van der Waals surface area contributed by atoms with Crippen molar-refractivity contribution in [3.8, 4) is 44.8 Å². The zero-order valence-corrected chi connectivity index (χ0v) is 32.9. The van der Waals surface area contributed by atoms with Crippen LogP contribution in [0.25, 0.3) is 60.9 Å². The molecule has 1 aliphatic heterocycles. The van der Waals surface area contributed by atoms with Crippen molar-refractivity contribution in [2.75, 3.05) is 0 Å². The molecular weight excluding hydrogens is 715 g/mol. The minimum Gasteiger partial charge on any atom is -0.461 e. The summed E-state index contributed by atoms with van der Waals surface area (Å²) in [5, 5.41) is 2.54. The van der Waals surface area contributed by atoms with Crippen LogP contribution in [0, 0.1) is 0 Å². The van der Waals surface area contributed by atoms with E-state index in [1.807, 2.05) is 0 Å². The van der Waals surface area contributed by atoms with Crippen LogP contribution in [0.15, 0.2) is 200 Å². The van der Waals surface area contributed by atoms with E-state index in [9.17, 15) is 0 Å². The summed E-state index contributed by atoms with van der Waals surface area (Å²) in [5.74, 6) is 3.04. The van der Waals surface area contributed by atoms with E-state index in [0.717, 1.165) is 37.2 Å². The van der Waals surface area contributed by atoms with Gasteiger partial charge in [0.15, 0.2) is 0 Å². The van der Waals surface area contributed by atoms with Crippen LogP contribution in [-0.4, -0.2) is 4.57 Å². The van der Waals surface area contributed by atoms with Gasteiger partial charge in [-0.25, -0.2) is 0 Å². The van der Waals surface area contributed by atoms with E-state index < -0.39 is 0 Å². The smallest absolute Gasteiger partial charge is 0.131 e. The molecule has 282 valence electrons. The number of aryl methyl sites for hydroxylation is 1. The predicted octanol–water partition coefficient (Wildman–Crippen LogP) is 14.8. The molecule has 3 aliphatic carbocycles. The summed E-state index contributed by atoms with van der Waals surface area (Å²) in [7, 11) is 0. The second-order valence-electron chi connectivity index (χ2n) is 16.6. The molecule has 0 fully saturated rings. The van der Waals surface area contributed by atoms with E-state index in [4.69, 9.17) is 4.74 Å². The lowest BCUT2D eigenvalue weighted by Gasteiger charge is -2.25. The molecule has 3 atom stereocenters. The molecule has 2 nitrogen and oxygen atoms in total. The Hall–Kier alpha value is -6.90. The topological polar surface area (TPSA) is 14.2 Å². The van der Waals surface area contributed by atoms with Crippen molar-refractivity contribution >= 4 is 21.8 Å². The van der Waals surface area contributed by atoms with E-state index in [1.54, 1.807) is 0 Å². The summed E-state index contributed by atoms with van der Waals surface area (Å²) in [6.45, 7) is 0. The van der Waals surface area contributed by atoms with Crippen molar-refractivity contribution in [1.82, 2.24) is 4.57 Å². The maximum atomic E-state index is 6.70. The average molecular weight is 758 g/mol. The zero-order chi connectivity index (χ0) is 38.9. The van der Waals surface area contributed by atoms with Crippen LogP contribution in [0.4, 0.5) is 0 Å². The van der Waals surface area contributed by atoms with Crippen LogP contribution in [0.3, 0.4) is 0 Å². The van der Waals surface area contributed by atoms with Crippen LogP contribution in [-0.2, 0) is 6.42 Å². The van der Waals surface area contributed by atoms with Gasteiger partial charge in [0.1, 0.15) is 11.5 Å². The number of allylic oxidation sites excluding steroid dienone is 8. The minimum absolute atomic E-state index is 0.257. The fourth-order valence-corrected chi connectivity index (χ4v) is 10.5. The SMILES string of the molecule is C1=CCC(c2cc3c(c(C4CCc5ccc(-c6ccc7c8ccccc8n(-c8ccc(-c9ccccc9)cc8)c7c6)cc5-c5ccccc54)c2)C2CC=CC=C2O3)C=C1. The highest BCUT2D eigenvalue weighted by Crippen LogP contribution is 2.53. The van der Waals surface area contributed by atoms with Gasteiger partial charge in [0.2, 0.25) is 0 Å². The fraction of sp³-hybridized carbons (Fsp3) is 0.123. The van der Waals surface area contributed by atoms with Gasteiger partial charge in [0.05, 0.1) is 11.0 Å². The molecule has 2 heteroatoms. The molecule has 12 rings (SSSR count). The van der Waals surface area contributed by atoms with E-state index in [2.05, 4.69) is 199 Å². The summed E-state index contributed by atoms with van der Waals surface area (Å²) >= 11 is 0. The molecule has 4 aliphatic rings. The Labute approximate surface area is 345 Å². The molecule has 59 heavy (non-hydrogen) atoms. The molecule has 3 unspecified atom stereocenters. The number of ether oxygens (including phenoxy) is 1. The van der Waals surface area contributed by atoms with Crippen LogP contribution in [0.2, 0.25) is 0 Å². The second-order valence-corrected chi connectivity index (χ2v) is 16.6. The van der Waals surface area contributed by atoms with Gasteiger partial charge >= 0.3 is 0 Å². The number of para-hydroxylation sites is 1. The maximum absolute atomic E-state index is 6.70. The van der Waals surface area contributed by atoms with Gasteiger partial charge in [-0.3, -0.25) is 0 Å². The Kier molecular flexibility index (Phi) is 8.04. The standard InChI is InChI=1S/C57H43NO/c1-3-13-37(14-4-1)39-25-29-44(30-26-39)58-53-21-11-9-19-48(53)49-32-28-42(35-54(49)58)41-24-23-40-27-31-47(45-17-7-8-18-46(45)51(40)33-41)52-34-43(38-15-5-2-6-16-38)36-56-57(52)50-20-10-12-22-55(50)59-56/h1-15,17-19,21-26,28-30,32-36,38,47,50H,16,20,27,31H2. The lowest BCUT2D eigenvalue weighted by molar-refractivity contribution is 0.425. The molecule has 2 heterocycles. The van der Waals surface area contributed by atoms with Gasteiger partial charge in [-0.1, -0.05) is 152 Å². The van der Waals surface area contributed by atoms with E-state index >= 15 is 0 Å². The molecule has 0 amide bonds. The quantitative estimate of drug-likeness (QED) is 0.171. The Morgan fingerprint density at radius 2 is 1.29 bits per heavy atom. The van der Waals surface area contributed by atoms with Gasteiger partial charge < -0.3 is 9.30 Å². The minimum atomic E-state index is 0.257. The monoisotopic (exact) mass is 757 g/mol. The number of fused-ring (bicyclic) bond motifs is 9. The normalized spacial score (nSPS) is 18.8. The number of hydrogen-bond acceptors (Lipinski definition) is 1. The first-order valence-electron chi connectivity index (χ1n) is 21.2. The number of benzene rings is 7. The summed E-state index contributed by atoms with van der Waals surface area (Å²) in [4.78, 5) is 0. The van der Waals surface area contributed by atoms with Crippen molar-refractivity contribution < 1.29 is 4.74 Å². The first-order valence-corrected chi connectivity index (χ1v) is 21.2. The molecule has 0 spiro atoms. The molecule has 7 aromatic carbocycles. The first kappa shape index (κ1) is 34.2. The third-order valence-corrected chi connectivity index (χ3v) is 13.3. The third-order valence-electron chi connectivity index (χ3n) is 13.3. The van der Waals surface area contributed by atoms with Gasteiger partial charge in [-0.2, -0.15) is 0 Å². The lowest BCUT2D eigenvalue weighted by Crippen LogP contribution is -2.10. The maximum Gasteiger partial charge on any atom is 0.131 e. The van der Waals surface area contributed by atoms with Gasteiger partial charge in [-0.05, 0) is 124 Å². The summed E-state index contributed by atoms with van der Waals surface area (Å²) in [6.07, 6.45) is 19.7. The zero-order valence-electron chi connectivity index (χ0n) is 32.9. The average Bonchev–Trinajstić information content (AvgIpc) is 3.80. The molecule has 1 aromatic heterocycles. The molecule has 8 aromatic rings. The number of rotatable bonds is 5. The van der Waals surface area contributed by atoms with E-state index in [1.165, 1.54) is 88.7 Å². The fourth-order valence-electron chi connectivity index (χ4n) is 10.5. The summed E-state index contributed by atoms with van der Waals surface area (Å²) in [6, 6.07) is 56.8. The van der Waals surface area contributed by atoms with Crippen molar-refractivity contribution in [3.05, 3.63) is 228 Å². The van der Waals surface area contributed by atoms with Crippen LogP contribution < -0.4 is 4.74 Å². The highest BCUT2D eigenvalue weighted by molar-refractivity contribution is 6.10. The van der Waals surface area contributed by atoms with Crippen molar-refractivity contribution in [2.45, 2.75) is 43.4 Å². The number of nitrogens with zero attached hydrogens (tertiary/aromatic N) is 1. The molecule has 0 bridgehead atoms. The largest absolute Gasteiger partial charge is 0.461 e. The van der Waals surface area contributed by atoms with Crippen molar-refractivity contribution in [1.29, 1.82) is 0 Å². The van der Waals surface area contributed by atoms with Crippen LogP contribution >= 0.6 is 0 Å². The third kappa shape index (κ3) is 5.69. The first-order chi connectivity index (χ1) is 29.2. The molecular formula is C57H43NO. The Bertz CT molecular complexity index is 3080. The molecule has 0 saturated heterocycles. The Morgan fingerprint density at radius 1 is 0.525 bits per heavy atom. The highest BCUT2D eigenvalue weighted by atomic mass is 16.5. The van der Waals surface area contributed by atoms with Crippen LogP contribution in [0.5, 0.6) is 5.75 Å². The highest BCUT2D eigenvalue weighted by Gasteiger charge is 2.37. The van der Waals surface area contributed by atoms with Gasteiger partial charge in [0, 0.05) is 39.8 Å². The summed E-state index contributed by atoms with van der Waals surface area (Å²) < 4.78 is 9.13. The van der Waals surface area contributed by atoms with E-state index in [-0.39, 0.29) is 11.8 Å². The second kappa shape index (κ2) is 13.9. The molecule has 0 N–H and O–H groups in total. The summed E-state index contributed by atoms with van der Waals surface area (Å²) in [5.41, 5.74) is 18.3. The number of aromatic nitrogens is 1. The molecule has 0 radical (unpaired) electrons. The van der Waals surface area contributed by atoms with Crippen molar-refractivity contribution in [2.24, 2.45) is 0 Å². The van der Waals surface area contributed by atoms with Gasteiger partial charge in [0.25, 0.3) is 0 Å². The van der Waals surface area contributed by atoms with Crippen molar-refractivity contribution in [3.63, 3.8) is 0 Å². The van der Waals surface area contributed by atoms with Gasteiger partial charge in [-0.15, -0.1) is 0 Å². The van der Waals surface area contributed by atoms with E-state index in [0.29, 0.717) is 5.92 Å². The van der Waals surface area contributed by atoms with Crippen LogP contribution in [0.1, 0.15) is 64.8 Å². The number of hydrogen-bond donors (Lipinski definition) is 0. The lowest BCUT2D eigenvalue weighted by atomic mass is 9.77.